The smallest absolute Gasteiger partial charge is 0.122 e. The quantitative estimate of drug-likeness (QED) is 0.826. The van der Waals surface area contributed by atoms with Crippen molar-refractivity contribution in [2.24, 2.45) is 5.73 Å². The second-order valence-corrected chi connectivity index (χ2v) is 5.11. The van der Waals surface area contributed by atoms with Crippen molar-refractivity contribution in [3.63, 3.8) is 0 Å². The number of hydrogen-bond acceptors (Lipinski definition) is 2. The molecule has 0 aliphatic heterocycles. The average molecular weight is 237 g/mol. The van der Waals surface area contributed by atoms with Crippen molar-refractivity contribution in [3.05, 3.63) is 29.3 Å². The van der Waals surface area contributed by atoms with E-state index in [1.165, 1.54) is 13.3 Å². The SMILES string of the molecule is CC(F)c1ccc(O)c(C2(N)CCCCC2)c1. The minimum Gasteiger partial charge on any atom is -0.508 e. The first kappa shape index (κ1) is 12.4. The Morgan fingerprint density at radius 3 is 2.53 bits per heavy atom. The van der Waals surface area contributed by atoms with Crippen molar-refractivity contribution in [3.8, 4) is 5.75 Å². The van der Waals surface area contributed by atoms with E-state index in [0.717, 1.165) is 25.7 Å². The molecule has 0 amide bonds. The lowest BCUT2D eigenvalue weighted by Crippen LogP contribution is -2.38. The molecule has 1 atom stereocenters. The fraction of sp³-hybridized carbons (Fsp3) is 0.571. The highest BCUT2D eigenvalue weighted by Gasteiger charge is 2.32. The van der Waals surface area contributed by atoms with E-state index >= 15 is 0 Å². The van der Waals surface area contributed by atoms with Crippen LogP contribution in [0.15, 0.2) is 18.2 Å². The highest BCUT2D eigenvalue weighted by atomic mass is 19.1. The first-order valence-corrected chi connectivity index (χ1v) is 6.29. The third-order valence-corrected chi connectivity index (χ3v) is 3.76. The number of halogens is 1. The molecule has 2 nitrogen and oxygen atoms in total. The van der Waals surface area contributed by atoms with Crippen LogP contribution in [0.25, 0.3) is 0 Å². The van der Waals surface area contributed by atoms with Gasteiger partial charge >= 0.3 is 0 Å². The zero-order valence-electron chi connectivity index (χ0n) is 10.2. The van der Waals surface area contributed by atoms with Crippen molar-refractivity contribution in [1.82, 2.24) is 0 Å². The van der Waals surface area contributed by atoms with Crippen molar-refractivity contribution in [1.29, 1.82) is 0 Å². The second kappa shape index (κ2) is 4.65. The van der Waals surface area contributed by atoms with E-state index in [-0.39, 0.29) is 5.75 Å². The van der Waals surface area contributed by atoms with E-state index in [0.29, 0.717) is 11.1 Å². The predicted octanol–water partition coefficient (Wildman–Crippen LogP) is 3.54. The standard InChI is InChI=1S/C14H20FNO/c1-10(15)11-5-6-13(17)12(9-11)14(16)7-3-2-4-8-14/h5-6,9-10,17H,2-4,7-8,16H2,1H3. The van der Waals surface area contributed by atoms with E-state index in [4.69, 9.17) is 5.73 Å². The summed E-state index contributed by atoms with van der Waals surface area (Å²) in [5.41, 5.74) is 7.19. The molecular formula is C14H20FNO. The van der Waals surface area contributed by atoms with Gasteiger partial charge in [-0.1, -0.05) is 25.3 Å². The molecule has 1 aromatic rings. The summed E-state index contributed by atoms with van der Waals surface area (Å²) in [5, 5.41) is 9.93. The average Bonchev–Trinajstić information content (AvgIpc) is 2.30. The monoisotopic (exact) mass is 237 g/mol. The zero-order chi connectivity index (χ0) is 12.5. The van der Waals surface area contributed by atoms with Crippen molar-refractivity contribution in [2.75, 3.05) is 0 Å². The fourth-order valence-corrected chi connectivity index (χ4v) is 2.65. The van der Waals surface area contributed by atoms with Crippen LogP contribution in [0.5, 0.6) is 5.75 Å². The van der Waals surface area contributed by atoms with Gasteiger partial charge in [-0.15, -0.1) is 0 Å². The molecule has 1 unspecified atom stereocenters. The Hall–Kier alpha value is -1.09. The van der Waals surface area contributed by atoms with Crippen molar-refractivity contribution < 1.29 is 9.50 Å². The number of phenolic OH excluding ortho intramolecular Hbond substituents is 1. The Balaban J connectivity index is 2.38. The van der Waals surface area contributed by atoms with E-state index in [9.17, 15) is 9.50 Å². The summed E-state index contributed by atoms with van der Waals surface area (Å²) in [5.74, 6) is 0.193. The van der Waals surface area contributed by atoms with E-state index in [2.05, 4.69) is 0 Å². The molecule has 0 bridgehead atoms. The predicted molar refractivity (Wildman–Crippen MR) is 66.6 cm³/mol. The van der Waals surface area contributed by atoms with Crippen LogP contribution in [0.3, 0.4) is 0 Å². The summed E-state index contributed by atoms with van der Waals surface area (Å²) in [7, 11) is 0. The van der Waals surface area contributed by atoms with Crippen molar-refractivity contribution in [2.45, 2.75) is 50.7 Å². The summed E-state index contributed by atoms with van der Waals surface area (Å²) in [4.78, 5) is 0. The lowest BCUT2D eigenvalue weighted by molar-refractivity contribution is 0.291. The molecule has 0 spiro atoms. The molecule has 94 valence electrons. The Bertz CT molecular complexity index is 397. The number of aromatic hydroxyl groups is 1. The molecule has 1 aliphatic rings. The highest BCUT2D eigenvalue weighted by Crippen LogP contribution is 2.40. The van der Waals surface area contributed by atoms with Crippen molar-refractivity contribution >= 4 is 0 Å². The van der Waals surface area contributed by atoms with Crippen LogP contribution in [0.2, 0.25) is 0 Å². The third kappa shape index (κ3) is 2.44. The molecule has 0 aromatic heterocycles. The Morgan fingerprint density at radius 1 is 1.29 bits per heavy atom. The molecule has 1 fully saturated rings. The highest BCUT2D eigenvalue weighted by molar-refractivity contribution is 5.42. The molecule has 1 saturated carbocycles. The number of hydrogen-bond donors (Lipinski definition) is 2. The molecule has 3 N–H and O–H groups in total. The first-order valence-electron chi connectivity index (χ1n) is 6.29. The zero-order valence-corrected chi connectivity index (χ0v) is 10.2. The van der Waals surface area contributed by atoms with Gasteiger partial charge in [0.05, 0.1) is 0 Å². The molecule has 0 heterocycles. The van der Waals surface area contributed by atoms with Gasteiger partial charge in [0.1, 0.15) is 11.9 Å². The second-order valence-electron chi connectivity index (χ2n) is 5.11. The van der Waals surface area contributed by atoms with Crippen LogP contribution in [-0.4, -0.2) is 5.11 Å². The number of benzene rings is 1. The van der Waals surface area contributed by atoms with E-state index < -0.39 is 11.7 Å². The maximum absolute atomic E-state index is 13.3. The number of alkyl halides is 1. The summed E-state index contributed by atoms with van der Waals surface area (Å²) in [6.45, 7) is 1.50. The summed E-state index contributed by atoms with van der Waals surface area (Å²) < 4.78 is 13.3. The van der Waals surface area contributed by atoms with Gasteiger partial charge in [-0.2, -0.15) is 0 Å². The van der Waals surface area contributed by atoms with Gasteiger partial charge in [0.15, 0.2) is 0 Å². The summed E-state index contributed by atoms with van der Waals surface area (Å²) in [6, 6.07) is 4.91. The fourth-order valence-electron chi connectivity index (χ4n) is 2.65. The van der Waals surface area contributed by atoms with Crippen LogP contribution in [-0.2, 0) is 5.54 Å². The molecular weight excluding hydrogens is 217 g/mol. The Labute approximate surface area is 102 Å². The van der Waals surface area contributed by atoms with Crippen LogP contribution < -0.4 is 5.73 Å². The maximum Gasteiger partial charge on any atom is 0.122 e. The van der Waals surface area contributed by atoms with E-state index in [1.807, 2.05) is 0 Å². The van der Waals surface area contributed by atoms with Crippen LogP contribution in [0, 0.1) is 0 Å². The molecule has 17 heavy (non-hydrogen) atoms. The molecule has 0 saturated heterocycles. The molecule has 0 radical (unpaired) electrons. The van der Waals surface area contributed by atoms with Crippen LogP contribution >= 0.6 is 0 Å². The van der Waals surface area contributed by atoms with Crippen LogP contribution in [0.4, 0.5) is 4.39 Å². The van der Waals surface area contributed by atoms with Gasteiger partial charge in [-0.05, 0) is 37.5 Å². The van der Waals surface area contributed by atoms with Crippen LogP contribution in [0.1, 0.15) is 56.3 Å². The molecule has 1 aliphatic carbocycles. The van der Waals surface area contributed by atoms with Gasteiger partial charge in [0, 0.05) is 11.1 Å². The lowest BCUT2D eigenvalue weighted by atomic mass is 9.76. The van der Waals surface area contributed by atoms with E-state index in [1.54, 1.807) is 18.2 Å². The lowest BCUT2D eigenvalue weighted by Gasteiger charge is -2.34. The van der Waals surface area contributed by atoms with Gasteiger partial charge in [-0.3, -0.25) is 0 Å². The minimum atomic E-state index is -1.03. The molecule has 2 rings (SSSR count). The number of phenols is 1. The normalized spacial score (nSPS) is 21.1. The minimum absolute atomic E-state index is 0.193. The maximum atomic E-state index is 13.3. The first-order chi connectivity index (χ1) is 8.03. The van der Waals surface area contributed by atoms with Gasteiger partial charge < -0.3 is 10.8 Å². The van der Waals surface area contributed by atoms with Gasteiger partial charge in [0.25, 0.3) is 0 Å². The third-order valence-electron chi connectivity index (χ3n) is 3.76. The summed E-state index contributed by atoms with van der Waals surface area (Å²) in [6.07, 6.45) is 4.05. The summed E-state index contributed by atoms with van der Waals surface area (Å²) >= 11 is 0. The number of rotatable bonds is 2. The van der Waals surface area contributed by atoms with Gasteiger partial charge in [-0.25, -0.2) is 4.39 Å². The number of nitrogens with two attached hydrogens (primary N) is 1. The topological polar surface area (TPSA) is 46.2 Å². The molecule has 1 aromatic carbocycles. The largest absolute Gasteiger partial charge is 0.508 e. The molecule has 3 heteroatoms. The van der Waals surface area contributed by atoms with Gasteiger partial charge in [0.2, 0.25) is 0 Å². The Morgan fingerprint density at radius 2 is 1.94 bits per heavy atom. The Kier molecular flexibility index (Phi) is 3.38.